The molecule has 0 bridgehead atoms. The maximum Gasteiger partial charge on any atom is 0.261 e. The van der Waals surface area contributed by atoms with Crippen molar-refractivity contribution in [1.82, 2.24) is 4.98 Å². The first-order valence-electron chi connectivity index (χ1n) is 6.90. The molecular formula is C15H12ClFN2O2S3. The van der Waals surface area contributed by atoms with Crippen molar-refractivity contribution in [1.29, 1.82) is 0 Å². The van der Waals surface area contributed by atoms with Crippen LogP contribution in [0.3, 0.4) is 0 Å². The van der Waals surface area contributed by atoms with Crippen molar-refractivity contribution in [3.8, 4) is 0 Å². The first kappa shape index (κ1) is 17.5. The number of nitrogens with one attached hydrogen (secondary N) is 1. The number of benzene rings is 2. The van der Waals surface area contributed by atoms with Gasteiger partial charge in [0.15, 0.2) is 4.34 Å². The van der Waals surface area contributed by atoms with E-state index in [0.29, 0.717) is 0 Å². The molecule has 3 aromatic rings. The summed E-state index contributed by atoms with van der Waals surface area (Å²) in [6.07, 6.45) is 0. The molecule has 0 saturated carbocycles. The van der Waals surface area contributed by atoms with Crippen LogP contribution in [0.2, 0.25) is 5.02 Å². The zero-order valence-electron chi connectivity index (χ0n) is 12.4. The van der Waals surface area contributed by atoms with Gasteiger partial charge in [-0.3, -0.25) is 4.72 Å². The van der Waals surface area contributed by atoms with E-state index in [0.717, 1.165) is 26.4 Å². The smallest absolute Gasteiger partial charge is 0.261 e. The molecule has 4 nitrogen and oxygen atoms in total. The van der Waals surface area contributed by atoms with Gasteiger partial charge in [-0.2, -0.15) is 0 Å². The van der Waals surface area contributed by atoms with Crippen molar-refractivity contribution in [3.63, 3.8) is 0 Å². The Bertz CT molecular complexity index is 1010. The lowest BCUT2D eigenvalue weighted by atomic mass is 10.3. The SMILES string of the molecule is CCSc1nc2ccc(S(=O)(=O)Nc3ccc(F)c(Cl)c3)cc2s1. The van der Waals surface area contributed by atoms with Crippen molar-refractivity contribution in [2.24, 2.45) is 0 Å². The number of fused-ring (bicyclic) bond motifs is 1. The predicted octanol–water partition coefficient (Wildman–Crippen LogP) is 5.00. The van der Waals surface area contributed by atoms with Gasteiger partial charge >= 0.3 is 0 Å². The predicted molar refractivity (Wildman–Crippen MR) is 98.2 cm³/mol. The summed E-state index contributed by atoms with van der Waals surface area (Å²) in [4.78, 5) is 4.56. The van der Waals surface area contributed by atoms with Gasteiger partial charge in [0.2, 0.25) is 0 Å². The summed E-state index contributed by atoms with van der Waals surface area (Å²) in [6, 6.07) is 8.42. The van der Waals surface area contributed by atoms with Crippen LogP contribution in [0.15, 0.2) is 45.6 Å². The van der Waals surface area contributed by atoms with Gasteiger partial charge in [-0.05, 0) is 42.2 Å². The second-order valence-electron chi connectivity index (χ2n) is 4.78. The van der Waals surface area contributed by atoms with E-state index in [9.17, 15) is 12.8 Å². The molecule has 1 aromatic heterocycles. The molecule has 0 amide bonds. The van der Waals surface area contributed by atoms with Crippen LogP contribution in [0.25, 0.3) is 10.2 Å². The summed E-state index contributed by atoms with van der Waals surface area (Å²) in [6.45, 7) is 2.03. The van der Waals surface area contributed by atoms with Gasteiger partial charge in [-0.15, -0.1) is 11.3 Å². The molecule has 9 heteroatoms. The Morgan fingerprint density at radius 2 is 2.08 bits per heavy atom. The molecule has 0 aliphatic heterocycles. The Kier molecular flexibility index (Phi) is 5.00. The summed E-state index contributed by atoms with van der Waals surface area (Å²) in [5.74, 6) is 0.296. The molecule has 0 spiro atoms. The summed E-state index contributed by atoms with van der Waals surface area (Å²) in [5, 5.41) is -0.144. The van der Waals surface area contributed by atoms with Crippen LogP contribution in [0, 0.1) is 5.82 Å². The van der Waals surface area contributed by atoms with Crippen LogP contribution in [-0.4, -0.2) is 19.2 Å². The minimum absolute atomic E-state index is 0.118. The summed E-state index contributed by atoms with van der Waals surface area (Å²) < 4.78 is 42.3. The maximum atomic E-state index is 13.2. The zero-order chi connectivity index (χ0) is 17.3. The normalized spacial score (nSPS) is 11.8. The molecule has 1 N–H and O–H groups in total. The van der Waals surface area contributed by atoms with E-state index in [-0.39, 0.29) is 15.6 Å². The molecule has 126 valence electrons. The van der Waals surface area contributed by atoms with Crippen molar-refractivity contribution < 1.29 is 12.8 Å². The summed E-state index contributed by atoms with van der Waals surface area (Å²) >= 11 is 8.74. The highest BCUT2D eigenvalue weighted by molar-refractivity contribution is 8.01. The largest absolute Gasteiger partial charge is 0.280 e. The number of anilines is 1. The van der Waals surface area contributed by atoms with E-state index in [1.165, 1.54) is 29.5 Å². The lowest BCUT2D eigenvalue weighted by molar-refractivity contribution is 0.601. The van der Waals surface area contributed by atoms with Gasteiger partial charge in [0.05, 0.1) is 25.8 Å². The number of thioether (sulfide) groups is 1. The molecule has 0 radical (unpaired) electrons. The number of thiazole rings is 1. The van der Waals surface area contributed by atoms with Gasteiger partial charge in [0.25, 0.3) is 10.0 Å². The molecule has 0 fully saturated rings. The first-order valence-corrected chi connectivity index (χ1v) is 10.6. The Balaban J connectivity index is 1.93. The van der Waals surface area contributed by atoms with Crippen molar-refractivity contribution >= 4 is 60.6 Å². The maximum absolute atomic E-state index is 13.2. The van der Waals surface area contributed by atoms with E-state index < -0.39 is 15.8 Å². The number of halogens is 2. The number of aromatic nitrogens is 1. The average Bonchev–Trinajstić information content (AvgIpc) is 2.92. The highest BCUT2D eigenvalue weighted by Gasteiger charge is 2.17. The molecule has 24 heavy (non-hydrogen) atoms. The molecule has 0 aliphatic rings. The summed E-state index contributed by atoms with van der Waals surface area (Å²) in [5.41, 5.74) is 0.966. The van der Waals surface area contributed by atoms with Crippen LogP contribution in [0.1, 0.15) is 6.92 Å². The number of hydrogen-bond donors (Lipinski definition) is 1. The Hall–Kier alpha value is -1.35. The third-order valence-corrected chi connectivity index (χ3v) is 6.80. The molecule has 3 rings (SSSR count). The third kappa shape index (κ3) is 3.66. The second kappa shape index (κ2) is 6.87. The molecule has 0 saturated heterocycles. The lowest BCUT2D eigenvalue weighted by Gasteiger charge is -2.08. The highest BCUT2D eigenvalue weighted by atomic mass is 35.5. The lowest BCUT2D eigenvalue weighted by Crippen LogP contribution is -2.12. The van der Waals surface area contributed by atoms with Crippen LogP contribution in [-0.2, 0) is 10.0 Å². The van der Waals surface area contributed by atoms with Gasteiger partial charge in [0.1, 0.15) is 5.82 Å². The number of rotatable bonds is 5. The van der Waals surface area contributed by atoms with Crippen molar-refractivity contribution in [2.45, 2.75) is 16.2 Å². The van der Waals surface area contributed by atoms with Gasteiger partial charge in [-0.1, -0.05) is 30.3 Å². The fraction of sp³-hybridized carbons (Fsp3) is 0.133. The molecule has 1 heterocycles. The first-order chi connectivity index (χ1) is 11.4. The molecule has 2 aromatic carbocycles. The Labute approximate surface area is 152 Å². The fourth-order valence-corrected chi connectivity index (χ4v) is 5.35. The Morgan fingerprint density at radius 1 is 1.29 bits per heavy atom. The standard InChI is InChI=1S/C15H12ClFN2O2S3/c1-2-22-15-18-13-6-4-10(8-14(13)23-15)24(20,21)19-9-3-5-12(17)11(16)7-9/h3-8,19H,2H2,1H3. The number of sulfonamides is 1. The van der Waals surface area contributed by atoms with Gasteiger partial charge in [-0.25, -0.2) is 17.8 Å². The number of hydrogen-bond acceptors (Lipinski definition) is 5. The summed E-state index contributed by atoms with van der Waals surface area (Å²) in [7, 11) is -3.80. The molecule has 0 unspecified atom stereocenters. The van der Waals surface area contributed by atoms with Crippen LogP contribution < -0.4 is 4.72 Å². The zero-order valence-corrected chi connectivity index (χ0v) is 15.6. The molecule has 0 aliphatic carbocycles. The topological polar surface area (TPSA) is 59.1 Å². The highest BCUT2D eigenvalue weighted by Crippen LogP contribution is 2.31. The average molecular weight is 403 g/mol. The van der Waals surface area contributed by atoms with Gasteiger partial charge < -0.3 is 0 Å². The third-order valence-electron chi connectivity index (χ3n) is 3.09. The second-order valence-corrected chi connectivity index (χ2v) is 9.41. The number of nitrogens with zero attached hydrogens (tertiary/aromatic N) is 1. The van der Waals surface area contributed by atoms with E-state index in [2.05, 4.69) is 9.71 Å². The monoisotopic (exact) mass is 402 g/mol. The minimum atomic E-state index is -3.80. The van der Waals surface area contributed by atoms with E-state index in [4.69, 9.17) is 11.6 Å². The fourth-order valence-electron chi connectivity index (χ4n) is 2.01. The quantitative estimate of drug-likeness (QED) is 0.610. The molecular weight excluding hydrogens is 391 g/mol. The van der Waals surface area contributed by atoms with Crippen LogP contribution in [0.5, 0.6) is 0 Å². The Morgan fingerprint density at radius 3 is 2.79 bits per heavy atom. The van der Waals surface area contributed by atoms with Gasteiger partial charge in [0, 0.05) is 0 Å². The van der Waals surface area contributed by atoms with E-state index in [1.807, 2.05) is 6.92 Å². The molecule has 0 atom stereocenters. The van der Waals surface area contributed by atoms with Crippen molar-refractivity contribution in [3.05, 3.63) is 47.2 Å². The van der Waals surface area contributed by atoms with Crippen molar-refractivity contribution in [2.75, 3.05) is 10.5 Å². The van der Waals surface area contributed by atoms with Crippen LogP contribution >= 0.6 is 34.7 Å². The van der Waals surface area contributed by atoms with E-state index >= 15 is 0 Å². The van der Waals surface area contributed by atoms with Crippen LogP contribution in [0.4, 0.5) is 10.1 Å². The van der Waals surface area contributed by atoms with E-state index in [1.54, 1.807) is 23.9 Å². The minimum Gasteiger partial charge on any atom is -0.280 e.